The van der Waals surface area contributed by atoms with Gasteiger partial charge in [-0.15, -0.1) is 0 Å². The van der Waals surface area contributed by atoms with E-state index in [1.807, 2.05) is 103 Å². The summed E-state index contributed by atoms with van der Waals surface area (Å²) in [7, 11) is -2.81. The molecule has 1 atom stereocenters. The van der Waals surface area contributed by atoms with Gasteiger partial charge < -0.3 is 4.57 Å². The molecule has 0 N–H and O–H groups in total. The third-order valence-corrected chi connectivity index (χ3v) is 7.22. The number of hydrogen-bond acceptors (Lipinski definition) is 1. The third-order valence-electron chi connectivity index (χ3n) is 3.88. The second-order valence-corrected chi connectivity index (χ2v) is 10.1. The molecule has 1 unspecified atom stereocenters. The van der Waals surface area contributed by atoms with Crippen molar-refractivity contribution in [2.75, 3.05) is 0 Å². The van der Waals surface area contributed by atoms with Crippen LogP contribution < -0.4 is 5.30 Å². The van der Waals surface area contributed by atoms with E-state index >= 15 is 0 Å². The van der Waals surface area contributed by atoms with Crippen LogP contribution >= 0.6 is 39.0 Å². The van der Waals surface area contributed by atoms with Gasteiger partial charge in [-0.3, -0.25) is 0 Å². The molecule has 0 aliphatic carbocycles. The second-order valence-electron chi connectivity index (χ2n) is 5.78. The lowest BCUT2D eigenvalue weighted by atomic mass is 10.2. The molecular weight excluding hydrogens is 471 g/mol. The number of halogens is 2. The zero-order chi connectivity index (χ0) is 18.4. The van der Waals surface area contributed by atoms with Gasteiger partial charge in [0.15, 0.2) is 7.14 Å². The molecule has 0 amide bonds. The monoisotopic (exact) mass is 486 g/mol. The highest BCUT2D eigenvalue weighted by atomic mass is 79.9. The standard InChI is InChI=1S/C22H17Br2OP/c23-20-10-6-18(7-11-20)14-16-26(25,22-4-2-1-3-5-22)17-15-19-8-12-21(24)13-9-19/h1-17H/b16-14-,17-15+. The predicted octanol–water partition coefficient (Wildman–Crippen LogP) is 7.54. The van der Waals surface area contributed by atoms with Gasteiger partial charge in [0.25, 0.3) is 0 Å². The molecule has 0 spiro atoms. The molecule has 0 saturated carbocycles. The van der Waals surface area contributed by atoms with Crippen molar-refractivity contribution < 1.29 is 4.57 Å². The van der Waals surface area contributed by atoms with Crippen LogP contribution in [0.4, 0.5) is 0 Å². The molecule has 0 saturated heterocycles. The molecule has 0 bridgehead atoms. The minimum atomic E-state index is -2.81. The van der Waals surface area contributed by atoms with E-state index in [4.69, 9.17) is 0 Å². The average Bonchev–Trinajstić information content (AvgIpc) is 2.68. The van der Waals surface area contributed by atoms with Crippen molar-refractivity contribution in [1.29, 1.82) is 0 Å². The van der Waals surface area contributed by atoms with Gasteiger partial charge in [0.1, 0.15) is 0 Å². The molecule has 3 rings (SSSR count). The van der Waals surface area contributed by atoms with Crippen LogP contribution in [0.15, 0.2) is 99.4 Å². The van der Waals surface area contributed by atoms with Crippen molar-refractivity contribution in [3.05, 3.63) is 111 Å². The molecule has 0 aliphatic heterocycles. The van der Waals surface area contributed by atoms with E-state index in [0.29, 0.717) is 0 Å². The fourth-order valence-corrected chi connectivity index (χ4v) is 4.82. The van der Waals surface area contributed by atoms with Crippen molar-refractivity contribution in [2.45, 2.75) is 0 Å². The molecular formula is C22H17Br2OP. The van der Waals surface area contributed by atoms with Crippen LogP contribution in [0.25, 0.3) is 12.2 Å². The summed E-state index contributed by atoms with van der Waals surface area (Å²) in [4.78, 5) is 0. The lowest BCUT2D eigenvalue weighted by Crippen LogP contribution is -1.99. The number of rotatable bonds is 5. The highest BCUT2D eigenvalue weighted by molar-refractivity contribution is 9.10. The Labute approximate surface area is 171 Å². The minimum absolute atomic E-state index is 0.821. The van der Waals surface area contributed by atoms with Crippen LogP contribution in [-0.4, -0.2) is 0 Å². The number of benzene rings is 3. The summed E-state index contributed by atoms with van der Waals surface area (Å²) in [6, 6.07) is 25.5. The SMILES string of the molecule is O=P(/C=C\c1ccc(Br)cc1)(/C=C/c1ccc(Br)cc1)c1ccccc1. The third kappa shape index (κ3) is 5.17. The number of hydrogen-bond donors (Lipinski definition) is 0. The fourth-order valence-electron chi connectivity index (χ4n) is 2.42. The van der Waals surface area contributed by atoms with Crippen LogP contribution in [0.3, 0.4) is 0 Å². The van der Waals surface area contributed by atoms with Gasteiger partial charge in [0.05, 0.1) is 0 Å². The first kappa shape index (κ1) is 19.1. The molecule has 0 radical (unpaired) electrons. The first-order valence-corrected chi connectivity index (χ1v) is 11.5. The summed E-state index contributed by atoms with van der Waals surface area (Å²) in [6.07, 6.45) is 3.85. The van der Waals surface area contributed by atoms with Crippen LogP contribution in [0.1, 0.15) is 11.1 Å². The van der Waals surface area contributed by atoms with Crippen molar-refractivity contribution >= 4 is 56.5 Å². The molecule has 0 aromatic heterocycles. The Morgan fingerprint density at radius 2 is 1.04 bits per heavy atom. The van der Waals surface area contributed by atoms with Crippen molar-refractivity contribution in [1.82, 2.24) is 0 Å². The van der Waals surface area contributed by atoms with Gasteiger partial charge in [-0.1, -0.05) is 98.6 Å². The van der Waals surface area contributed by atoms with Gasteiger partial charge in [-0.2, -0.15) is 0 Å². The summed E-state index contributed by atoms with van der Waals surface area (Å²) < 4.78 is 15.8. The topological polar surface area (TPSA) is 17.1 Å². The first-order valence-electron chi connectivity index (χ1n) is 8.10. The summed E-state index contributed by atoms with van der Waals surface area (Å²) in [6.45, 7) is 0. The van der Waals surface area contributed by atoms with Crippen molar-refractivity contribution in [3.8, 4) is 0 Å². The highest BCUT2D eigenvalue weighted by Gasteiger charge is 2.17. The maximum absolute atomic E-state index is 13.7. The Kier molecular flexibility index (Phi) is 6.48. The van der Waals surface area contributed by atoms with Crippen molar-refractivity contribution in [3.63, 3.8) is 0 Å². The van der Waals surface area contributed by atoms with Crippen LogP contribution in [0, 0.1) is 0 Å². The van der Waals surface area contributed by atoms with Gasteiger partial charge in [-0.05, 0) is 47.0 Å². The van der Waals surface area contributed by atoms with Crippen molar-refractivity contribution in [2.24, 2.45) is 0 Å². The second kappa shape index (κ2) is 8.81. The smallest absolute Gasteiger partial charge is 0.157 e. The van der Waals surface area contributed by atoms with Gasteiger partial charge in [0.2, 0.25) is 0 Å². The van der Waals surface area contributed by atoms with Gasteiger partial charge in [0, 0.05) is 14.2 Å². The van der Waals surface area contributed by atoms with E-state index in [0.717, 1.165) is 25.4 Å². The largest absolute Gasteiger partial charge is 0.310 e. The fraction of sp³-hybridized carbons (Fsp3) is 0. The molecule has 26 heavy (non-hydrogen) atoms. The first-order chi connectivity index (χ1) is 12.5. The normalized spacial score (nSPS) is 13.9. The average molecular weight is 488 g/mol. The summed E-state index contributed by atoms with van der Waals surface area (Å²) in [5.41, 5.74) is 2.03. The molecule has 0 heterocycles. The minimum Gasteiger partial charge on any atom is -0.310 e. The van der Waals surface area contributed by atoms with Crippen LogP contribution in [-0.2, 0) is 4.57 Å². The lowest BCUT2D eigenvalue weighted by Gasteiger charge is -2.10. The highest BCUT2D eigenvalue weighted by Crippen LogP contribution is 2.48. The van der Waals surface area contributed by atoms with E-state index in [1.54, 1.807) is 0 Å². The van der Waals surface area contributed by atoms with E-state index in [9.17, 15) is 4.57 Å². The Balaban J connectivity index is 1.95. The van der Waals surface area contributed by atoms with Gasteiger partial charge >= 0.3 is 0 Å². The predicted molar refractivity (Wildman–Crippen MR) is 120 cm³/mol. The quantitative estimate of drug-likeness (QED) is 0.339. The zero-order valence-corrected chi connectivity index (χ0v) is 18.0. The van der Waals surface area contributed by atoms with E-state index in [-0.39, 0.29) is 0 Å². The van der Waals surface area contributed by atoms with Crippen LogP contribution in [0.5, 0.6) is 0 Å². The Morgan fingerprint density at radius 1 is 0.615 bits per heavy atom. The maximum Gasteiger partial charge on any atom is 0.157 e. The molecule has 3 aromatic carbocycles. The van der Waals surface area contributed by atoms with E-state index in [2.05, 4.69) is 31.9 Å². The Bertz CT molecular complexity index is 900. The van der Waals surface area contributed by atoms with Gasteiger partial charge in [-0.25, -0.2) is 0 Å². The molecule has 4 heteroatoms. The molecule has 1 nitrogen and oxygen atoms in total. The summed E-state index contributed by atoms with van der Waals surface area (Å²) in [5.74, 6) is 3.64. The van der Waals surface area contributed by atoms with E-state index in [1.165, 1.54) is 0 Å². The molecule has 3 aromatic rings. The summed E-state index contributed by atoms with van der Waals surface area (Å²) in [5, 5.41) is 0.821. The van der Waals surface area contributed by atoms with E-state index < -0.39 is 7.14 Å². The summed E-state index contributed by atoms with van der Waals surface area (Å²) >= 11 is 6.87. The maximum atomic E-state index is 13.7. The van der Waals surface area contributed by atoms with Crippen LogP contribution in [0.2, 0.25) is 0 Å². The molecule has 0 fully saturated rings. The molecule has 0 aliphatic rings. The molecule has 130 valence electrons. The lowest BCUT2D eigenvalue weighted by molar-refractivity contribution is 0.592. The zero-order valence-electron chi connectivity index (χ0n) is 13.9. The Morgan fingerprint density at radius 3 is 1.46 bits per heavy atom. The Hall–Kier alpha value is -1.67.